The van der Waals surface area contributed by atoms with E-state index in [0.29, 0.717) is 13.2 Å². The van der Waals surface area contributed by atoms with E-state index >= 15 is 0 Å². The summed E-state index contributed by atoms with van der Waals surface area (Å²) >= 11 is 0. The van der Waals surface area contributed by atoms with Gasteiger partial charge in [0.05, 0.1) is 12.5 Å². The van der Waals surface area contributed by atoms with E-state index in [0.717, 1.165) is 44.9 Å². The van der Waals surface area contributed by atoms with E-state index in [1.165, 1.54) is 19.3 Å². The SMILES string of the molecule is CCNC(=NCCC1=CCCC1)N1CCC[C@@H](C(=O)OCC)C1. The summed E-state index contributed by atoms with van der Waals surface area (Å²) in [5.74, 6) is 0.856. The standard InChI is InChI=1S/C18H31N3O2/c1-3-19-18(20-12-11-15-8-5-6-9-15)21-13-7-10-16(14-21)17(22)23-4-2/h8,16H,3-7,9-14H2,1-2H3,(H,19,20)/t16-/m1/s1. The Bertz CT molecular complexity index is 446. The summed E-state index contributed by atoms with van der Waals surface area (Å²) in [6.45, 7) is 7.76. The van der Waals surface area contributed by atoms with Crippen molar-refractivity contribution in [1.82, 2.24) is 10.2 Å². The van der Waals surface area contributed by atoms with Gasteiger partial charge in [-0.1, -0.05) is 11.6 Å². The second kappa shape index (κ2) is 9.58. The summed E-state index contributed by atoms with van der Waals surface area (Å²) in [5, 5.41) is 3.37. The first kappa shape index (κ1) is 17.8. The summed E-state index contributed by atoms with van der Waals surface area (Å²) in [5.41, 5.74) is 1.55. The first-order valence-corrected chi connectivity index (χ1v) is 9.12. The molecule has 0 aromatic carbocycles. The molecule has 0 saturated carbocycles. The molecule has 0 aromatic heterocycles. The molecule has 1 N–H and O–H groups in total. The van der Waals surface area contributed by atoms with E-state index in [1.807, 2.05) is 6.92 Å². The second-order valence-electron chi connectivity index (χ2n) is 6.28. The maximum Gasteiger partial charge on any atom is 0.310 e. The minimum absolute atomic E-state index is 0.0231. The van der Waals surface area contributed by atoms with Crippen molar-refractivity contribution in [2.75, 3.05) is 32.8 Å². The Morgan fingerprint density at radius 2 is 2.30 bits per heavy atom. The number of nitrogens with one attached hydrogen (secondary N) is 1. The number of allylic oxidation sites excluding steroid dienone is 1. The van der Waals surface area contributed by atoms with Crippen LogP contribution in [0.5, 0.6) is 0 Å². The van der Waals surface area contributed by atoms with Crippen molar-refractivity contribution in [2.24, 2.45) is 10.9 Å². The highest BCUT2D eigenvalue weighted by Gasteiger charge is 2.28. The number of hydrogen-bond acceptors (Lipinski definition) is 3. The van der Waals surface area contributed by atoms with E-state index < -0.39 is 0 Å². The lowest BCUT2D eigenvalue weighted by Crippen LogP contribution is -2.48. The molecule has 2 rings (SSSR count). The third-order valence-corrected chi connectivity index (χ3v) is 4.51. The molecule has 5 heteroatoms. The molecule has 0 unspecified atom stereocenters. The average Bonchev–Trinajstić information content (AvgIpc) is 3.08. The molecule has 0 radical (unpaired) electrons. The zero-order valence-electron chi connectivity index (χ0n) is 14.6. The van der Waals surface area contributed by atoms with Gasteiger partial charge in [-0.3, -0.25) is 9.79 Å². The van der Waals surface area contributed by atoms with Crippen LogP contribution in [0.1, 0.15) is 52.4 Å². The highest BCUT2D eigenvalue weighted by molar-refractivity contribution is 5.81. The van der Waals surface area contributed by atoms with Crippen molar-refractivity contribution in [3.8, 4) is 0 Å². The third-order valence-electron chi connectivity index (χ3n) is 4.51. The minimum Gasteiger partial charge on any atom is -0.466 e. The number of rotatable bonds is 6. The highest BCUT2D eigenvalue weighted by atomic mass is 16.5. The molecule has 0 amide bonds. The van der Waals surface area contributed by atoms with Gasteiger partial charge in [-0.15, -0.1) is 0 Å². The van der Waals surface area contributed by atoms with Crippen LogP contribution in [0.15, 0.2) is 16.6 Å². The lowest BCUT2D eigenvalue weighted by Gasteiger charge is -2.34. The van der Waals surface area contributed by atoms with Crippen molar-refractivity contribution < 1.29 is 9.53 Å². The lowest BCUT2D eigenvalue weighted by atomic mass is 9.98. The topological polar surface area (TPSA) is 53.9 Å². The number of guanidine groups is 1. The number of aliphatic imine (C=N–C) groups is 1. The van der Waals surface area contributed by atoms with E-state index in [4.69, 9.17) is 9.73 Å². The van der Waals surface area contributed by atoms with Gasteiger partial charge in [-0.05, 0) is 52.4 Å². The number of nitrogens with zero attached hydrogens (tertiary/aromatic N) is 2. The molecule has 1 fully saturated rings. The Balaban J connectivity index is 1.91. The molecule has 130 valence electrons. The number of likely N-dealkylation sites (tertiary alicyclic amines) is 1. The molecule has 23 heavy (non-hydrogen) atoms. The smallest absolute Gasteiger partial charge is 0.310 e. The van der Waals surface area contributed by atoms with E-state index in [-0.39, 0.29) is 11.9 Å². The van der Waals surface area contributed by atoms with Crippen molar-refractivity contribution in [3.63, 3.8) is 0 Å². The number of hydrogen-bond donors (Lipinski definition) is 1. The molecule has 2 aliphatic rings. The second-order valence-corrected chi connectivity index (χ2v) is 6.28. The van der Waals surface area contributed by atoms with Crippen LogP contribution in [0.25, 0.3) is 0 Å². The van der Waals surface area contributed by atoms with Gasteiger partial charge in [-0.25, -0.2) is 0 Å². The van der Waals surface area contributed by atoms with Crippen LogP contribution in [0.3, 0.4) is 0 Å². The first-order chi connectivity index (χ1) is 11.2. The predicted molar refractivity (Wildman–Crippen MR) is 93.5 cm³/mol. The van der Waals surface area contributed by atoms with Gasteiger partial charge in [0.15, 0.2) is 5.96 Å². The first-order valence-electron chi connectivity index (χ1n) is 9.12. The molecule has 1 atom stereocenters. The predicted octanol–water partition coefficient (Wildman–Crippen LogP) is 2.73. The Morgan fingerprint density at radius 3 is 3.00 bits per heavy atom. The van der Waals surface area contributed by atoms with Gasteiger partial charge in [0, 0.05) is 26.2 Å². The van der Waals surface area contributed by atoms with Crippen LogP contribution in [0.4, 0.5) is 0 Å². The minimum atomic E-state index is -0.0656. The fourth-order valence-electron chi connectivity index (χ4n) is 3.32. The Kier molecular flexibility index (Phi) is 7.43. The molecule has 1 aliphatic heterocycles. The summed E-state index contributed by atoms with van der Waals surface area (Å²) in [6.07, 6.45) is 9.12. The summed E-state index contributed by atoms with van der Waals surface area (Å²) in [6, 6.07) is 0. The summed E-state index contributed by atoms with van der Waals surface area (Å²) in [7, 11) is 0. The van der Waals surface area contributed by atoms with Gasteiger partial charge in [-0.2, -0.15) is 0 Å². The molecule has 1 saturated heterocycles. The van der Waals surface area contributed by atoms with Crippen LogP contribution in [-0.2, 0) is 9.53 Å². The maximum atomic E-state index is 12.0. The van der Waals surface area contributed by atoms with Gasteiger partial charge in [0.2, 0.25) is 0 Å². The quantitative estimate of drug-likeness (QED) is 0.354. The zero-order valence-corrected chi connectivity index (χ0v) is 14.6. The Morgan fingerprint density at radius 1 is 1.43 bits per heavy atom. The van der Waals surface area contributed by atoms with Crippen molar-refractivity contribution in [3.05, 3.63) is 11.6 Å². The normalized spacial score (nSPS) is 22.0. The molecular formula is C18H31N3O2. The summed E-state index contributed by atoms with van der Waals surface area (Å²) < 4.78 is 5.18. The Hall–Kier alpha value is -1.52. The van der Waals surface area contributed by atoms with Crippen LogP contribution in [-0.4, -0.2) is 49.6 Å². The van der Waals surface area contributed by atoms with E-state index in [2.05, 4.69) is 23.2 Å². The monoisotopic (exact) mass is 321 g/mol. The third kappa shape index (κ3) is 5.56. The molecule has 0 bridgehead atoms. The molecule has 1 aliphatic carbocycles. The Labute approximate surface area is 140 Å². The van der Waals surface area contributed by atoms with E-state index in [9.17, 15) is 4.79 Å². The highest BCUT2D eigenvalue weighted by Crippen LogP contribution is 2.21. The zero-order chi connectivity index (χ0) is 16.5. The van der Waals surface area contributed by atoms with Crippen molar-refractivity contribution in [1.29, 1.82) is 0 Å². The number of carbonyl (C=O) groups excluding carboxylic acids is 1. The van der Waals surface area contributed by atoms with Gasteiger partial charge >= 0.3 is 5.97 Å². The van der Waals surface area contributed by atoms with Gasteiger partial charge < -0.3 is 15.0 Å². The molecule has 1 heterocycles. The lowest BCUT2D eigenvalue weighted by molar-refractivity contribution is -0.149. The van der Waals surface area contributed by atoms with Gasteiger partial charge in [0.1, 0.15) is 0 Å². The fourth-order valence-corrected chi connectivity index (χ4v) is 3.32. The van der Waals surface area contributed by atoms with Crippen LogP contribution < -0.4 is 5.32 Å². The van der Waals surface area contributed by atoms with Crippen molar-refractivity contribution >= 4 is 11.9 Å². The van der Waals surface area contributed by atoms with Crippen LogP contribution in [0, 0.1) is 5.92 Å². The fraction of sp³-hybridized carbons (Fsp3) is 0.778. The molecular weight excluding hydrogens is 290 g/mol. The largest absolute Gasteiger partial charge is 0.466 e. The molecule has 0 aromatic rings. The van der Waals surface area contributed by atoms with Gasteiger partial charge in [0.25, 0.3) is 0 Å². The number of carbonyl (C=O) groups is 1. The summed E-state index contributed by atoms with van der Waals surface area (Å²) in [4.78, 5) is 19.0. The van der Waals surface area contributed by atoms with E-state index in [1.54, 1.807) is 5.57 Å². The molecule has 5 nitrogen and oxygen atoms in total. The van der Waals surface area contributed by atoms with Crippen molar-refractivity contribution in [2.45, 2.75) is 52.4 Å². The number of piperidine rings is 1. The van der Waals surface area contributed by atoms with Crippen LogP contribution in [0.2, 0.25) is 0 Å². The maximum absolute atomic E-state index is 12.0. The number of esters is 1. The molecule has 0 spiro atoms. The number of ether oxygens (including phenoxy) is 1. The van der Waals surface area contributed by atoms with Crippen LogP contribution >= 0.6 is 0 Å². The average molecular weight is 321 g/mol.